The van der Waals surface area contributed by atoms with Crippen molar-refractivity contribution in [2.75, 3.05) is 0 Å². The van der Waals surface area contributed by atoms with Crippen molar-refractivity contribution in [3.63, 3.8) is 0 Å². The average Bonchev–Trinajstić information content (AvgIpc) is 2.91. The number of rotatable bonds is 3. The highest BCUT2D eigenvalue weighted by molar-refractivity contribution is 9.11. The second kappa shape index (κ2) is 4.40. The van der Waals surface area contributed by atoms with Crippen LogP contribution in [0.1, 0.15) is 18.4 Å². The Morgan fingerprint density at radius 1 is 1.69 bits per heavy atom. The minimum Gasteiger partial charge on any atom is -0.334 e. The summed E-state index contributed by atoms with van der Waals surface area (Å²) in [6, 6.07) is 4.05. The molecule has 1 fully saturated rings. The van der Waals surface area contributed by atoms with Crippen LogP contribution in [0.3, 0.4) is 0 Å². The molecule has 0 aromatic carbocycles. The summed E-state index contributed by atoms with van der Waals surface area (Å²) in [6.07, 6.45) is 4.72. The highest BCUT2D eigenvalue weighted by Gasteiger charge is 2.44. The van der Waals surface area contributed by atoms with Gasteiger partial charge in [0.25, 0.3) is 0 Å². The molecule has 1 N–H and O–H groups in total. The molecule has 1 amide bonds. The van der Waals surface area contributed by atoms with E-state index in [0.29, 0.717) is 0 Å². The van der Waals surface area contributed by atoms with Crippen molar-refractivity contribution in [3.05, 3.63) is 26.9 Å². The molecule has 0 spiro atoms. The lowest BCUT2D eigenvalue weighted by Gasteiger charge is -2.04. The van der Waals surface area contributed by atoms with E-state index in [0.717, 1.165) is 22.2 Å². The number of carbonyl (C=O) groups excluding carboxylic acids is 1. The van der Waals surface area contributed by atoms with Crippen LogP contribution < -0.4 is 5.32 Å². The summed E-state index contributed by atoms with van der Waals surface area (Å²) >= 11 is 4.92. The number of hydrogen-bond donors (Lipinski definition) is 1. The molecule has 3 nitrogen and oxygen atoms in total. The van der Waals surface area contributed by atoms with Gasteiger partial charge in [-0.2, -0.15) is 5.26 Å². The molecule has 1 aromatic heterocycles. The molecular formula is C11H9BrN2OS. The van der Waals surface area contributed by atoms with Gasteiger partial charge in [0.15, 0.2) is 0 Å². The van der Waals surface area contributed by atoms with Crippen molar-refractivity contribution in [2.24, 2.45) is 0 Å². The van der Waals surface area contributed by atoms with Gasteiger partial charge in [-0.1, -0.05) is 0 Å². The van der Waals surface area contributed by atoms with Crippen molar-refractivity contribution in [2.45, 2.75) is 18.4 Å². The summed E-state index contributed by atoms with van der Waals surface area (Å²) in [5.41, 5.74) is 0.394. The normalized spacial score (nSPS) is 17.0. The molecule has 0 radical (unpaired) electrons. The summed E-state index contributed by atoms with van der Waals surface area (Å²) < 4.78 is 1.03. The van der Waals surface area contributed by atoms with E-state index in [1.54, 1.807) is 17.4 Å². The third kappa shape index (κ3) is 2.71. The molecule has 0 saturated heterocycles. The third-order valence-electron chi connectivity index (χ3n) is 2.34. The standard InChI is InChI=1S/C11H9BrN2OS/c12-9-5-8(6-16-9)1-2-10(15)14-11(7-13)3-4-11/h1-2,5-6H,3-4H2,(H,14,15)/b2-1-. The van der Waals surface area contributed by atoms with E-state index in [2.05, 4.69) is 27.3 Å². The second-order valence-corrected chi connectivity index (χ2v) is 5.99. The van der Waals surface area contributed by atoms with Crippen molar-refractivity contribution < 1.29 is 4.79 Å². The minimum absolute atomic E-state index is 0.207. The predicted molar refractivity (Wildman–Crippen MR) is 66.8 cm³/mol. The fourth-order valence-electron chi connectivity index (χ4n) is 1.25. The van der Waals surface area contributed by atoms with Gasteiger partial charge < -0.3 is 5.32 Å². The van der Waals surface area contributed by atoms with Crippen LogP contribution >= 0.6 is 27.3 Å². The Bertz CT molecular complexity index is 482. The number of carbonyl (C=O) groups is 1. The van der Waals surface area contributed by atoms with Gasteiger partial charge in [-0.25, -0.2) is 0 Å². The van der Waals surface area contributed by atoms with Gasteiger partial charge in [0.2, 0.25) is 5.91 Å². The van der Waals surface area contributed by atoms with Gasteiger partial charge >= 0.3 is 0 Å². The molecule has 82 valence electrons. The van der Waals surface area contributed by atoms with Crippen LogP contribution in [0.25, 0.3) is 6.08 Å². The molecule has 2 rings (SSSR count). The monoisotopic (exact) mass is 296 g/mol. The van der Waals surface area contributed by atoms with Gasteiger partial charge in [-0.15, -0.1) is 11.3 Å². The first kappa shape index (κ1) is 11.4. The maximum Gasteiger partial charge on any atom is 0.245 e. The van der Waals surface area contributed by atoms with Crippen LogP contribution in [0.5, 0.6) is 0 Å². The smallest absolute Gasteiger partial charge is 0.245 e. The largest absolute Gasteiger partial charge is 0.334 e. The number of nitriles is 1. The summed E-state index contributed by atoms with van der Waals surface area (Å²) in [6.45, 7) is 0. The molecule has 0 atom stereocenters. The van der Waals surface area contributed by atoms with E-state index in [1.165, 1.54) is 6.08 Å². The van der Waals surface area contributed by atoms with Gasteiger partial charge in [-0.3, -0.25) is 4.79 Å². The highest BCUT2D eigenvalue weighted by atomic mass is 79.9. The topological polar surface area (TPSA) is 52.9 Å². The Morgan fingerprint density at radius 2 is 2.44 bits per heavy atom. The summed E-state index contributed by atoms with van der Waals surface area (Å²) in [4.78, 5) is 11.5. The fourth-order valence-corrected chi connectivity index (χ4v) is 2.39. The predicted octanol–water partition coefficient (Wildman–Crippen LogP) is 2.70. The van der Waals surface area contributed by atoms with Gasteiger partial charge in [0.05, 0.1) is 9.86 Å². The molecule has 1 aliphatic rings. The van der Waals surface area contributed by atoms with E-state index in [1.807, 2.05) is 11.4 Å². The summed E-state index contributed by atoms with van der Waals surface area (Å²) in [5, 5.41) is 13.4. The number of hydrogen-bond acceptors (Lipinski definition) is 3. The third-order valence-corrected chi connectivity index (χ3v) is 3.86. The summed E-state index contributed by atoms with van der Waals surface area (Å²) in [7, 11) is 0. The first-order valence-corrected chi connectivity index (χ1v) is 6.46. The molecule has 0 bridgehead atoms. The highest BCUT2D eigenvalue weighted by Crippen LogP contribution is 2.34. The lowest BCUT2D eigenvalue weighted by Crippen LogP contribution is -2.34. The Labute approximate surface area is 106 Å². The van der Waals surface area contributed by atoms with E-state index in [9.17, 15) is 4.79 Å². The van der Waals surface area contributed by atoms with E-state index in [-0.39, 0.29) is 5.91 Å². The molecular weight excluding hydrogens is 288 g/mol. The number of nitrogens with one attached hydrogen (secondary N) is 1. The molecule has 1 saturated carbocycles. The first-order valence-electron chi connectivity index (χ1n) is 4.79. The van der Waals surface area contributed by atoms with Crippen LogP contribution in [0, 0.1) is 11.3 Å². The maximum atomic E-state index is 11.5. The van der Waals surface area contributed by atoms with Gasteiger partial charge in [-0.05, 0) is 51.9 Å². The zero-order valence-corrected chi connectivity index (χ0v) is 10.8. The van der Waals surface area contributed by atoms with Crippen LogP contribution in [-0.2, 0) is 4.79 Å². The Balaban J connectivity index is 1.93. The van der Waals surface area contributed by atoms with Crippen molar-refractivity contribution >= 4 is 39.2 Å². The molecule has 1 aromatic rings. The minimum atomic E-state index is -0.587. The summed E-state index contributed by atoms with van der Waals surface area (Å²) in [5.74, 6) is -0.207. The van der Waals surface area contributed by atoms with Gasteiger partial charge in [0.1, 0.15) is 5.54 Å². The molecule has 1 aliphatic carbocycles. The average molecular weight is 297 g/mol. The Hall–Kier alpha value is -1.12. The quantitative estimate of drug-likeness (QED) is 0.872. The Kier molecular flexibility index (Phi) is 3.13. The molecule has 16 heavy (non-hydrogen) atoms. The number of amides is 1. The van der Waals surface area contributed by atoms with Crippen molar-refractivity contribution in [1.29, 1.82) is 5.26 Å². The number of nitrogens with zero attached hydrogens (tertiary/aromatic N) is 1. The fraction of sp³-hybridized carbons (Fsp3) is 0.273. The van der Waals surface area contributed by atoms with Crippen molar-refractivity contribution in [3.8, 4) is 6.07 Å². The van der Waals surface area contributed by atoms with Crippen LogP contribution in [0.2, 0.25) is 0 Å². The molecule has 5 heteroatoms. The lowest BCUT2D eigenvalue weighted by atomic mass is 10.2. The number of thiophene rings is 1. The van der Waals surface area contributed by atoms with E-state index < -0.39 is 5.54 Å². The molecule has 1 heterocycles. The zero-order chi connectivity index (χ0) is 11.6. The van der Waals surface area contributed by atoms with E-state index in [4.69, 9.17) is 5.26 Å². The second-order valence-electron chi connectivity index (χ2n) is 3.70. The maximum absolute atomic E-state index is 11.5. The van der Waals surface area contributed by atoms with Crippen LogP contribution in [0.15, 0.2) is 21.3 Å². The molecule has 0 unspecified atom stereocenters. The van der Waals surface area contributed by atoms with Crippen molar-refractivity contribution in [1.82, 2.24) is 5.32 Å². The SMILES string of the molecule is N#CC1(NC(=O)/C=C\c2csc(Br)c2)CC1. The first-order chi connectivity index (χ1) is 7.63. The van der Waals surface area contributed by atoms with Crippen LogP contribution in [-0.4, -0.2) is 11.4 Å². The number of halogens is 1. The Morgan fingerprint density at radius 3 is 2.94 bits per heavy atom. The van der Waals surface area contributed by atoms with Gasteiger partial charge in [0, 0.05) is 6.08 Å². The lowest BCUT2D eigenvalue weighted by molar-refractivity contribution is -0.117. The zero-order valence-electron chi connectivity index (χ0n) is 8.37. The molecule has 0 aliphatic heterocycles. The van der Waals surface area contributed by atoms with E-state index >= 15 is 0 Å². The van der Waals surface area contributed by atoms with Crippen LogP contribution in [0.4, 0.5) is 0 Å².